The van der Waals surface area contributed by atoms with E-state index in [0.717, 1.165) is 5.69 Å². The van der Waals surface area contributed by atoms with Crippen LogP contribution in [0.15, 0.2) is 54.9 Å². The summed E-state index contributed by atoms with van der Waals surface area (Å²) in [7, 11) is 3.18. The molecule has 29 heavy (non-hydrogen) atoms. The molecule has 0 atom stereocenters. The lowest BCUT2D eigenvalue weighted by Gasteiger charge is -2.13. The second kappa shape index (κ2) is 9.41. The number of para-hydroxylation sites is 1. The summed E-state index contributed by atoms with van der Waals surface area (Å²) < 4.78 is 15.7. The van der Waals surface area contributed by atoms with Gasteiger partial charge in [0.1, 0.15) is 29.5 Å². The Kier molecular flexibility index (Phi) is 6.47. The lowest BCUT2D eigenvalue weighted by molar-refractivity contribution is 0.0527. The smallest absolute Gasteiger partial charge is 0.340 e. The molecule has 0 fully saturated rings. The summed E-state index contributed by atoms with van der Waals surface area (Å²) in [6, 6.07) is 14.2. The topological polar surface area (TPSA) is 94.6 Å². The molecule has 0 saturated carbocycles. The molecular formula is C21H22N4O4. The summed E-state index contributed by atoms with van der Waals surface area (Å²) in [5.41, 5.74) is 1.75. The van der Waals surface area contributed by atoms with Gasteiger partial charge in [-0.05, 0) is 31.2 Å². The van der Waals surface area contributed by atoms with E-state index in [2.05, 4.69) is 20.6 Å². The Labute approximate surface area is 168 Å². The van der Waals surface area contributed by atoms with E-state index in [1.54, 1.807) is 51.5 Å². The molecule has 0 radical (unpaired) electrons. The zero-order valence-electron chi connectivity index (χ0n) is 16.4. The molecule has 0 bridgehead atoms. The molecule has 1 heterocycles. The zero-order valence-corrected chi connectivity index (χ0v) is 16.4. The molecule has 2 N–H and O–H groups in total. The summed E-state index contributed by atoms with van der Waals surface area (Å²) in [6.45, 7) is 2.07. The molecule has 2 aromatic carbocycles. The predicted octanol–water partition coefficient (Wildman–Crippen LogP) is 4.16. The van der Waals surface area contributed by atoms with Gasteiger partial charge in [-0.3, -0.25) is 0 Å². The van der Waals surface area contributed by atoms with Crippen LogP contribution < -0.4 is 20.1 Å². The van der Waals surface area contributed by atoms with Crippen LogP contribution in [0.5, 0.6) is 11.5 Å². The number of hydrogen-bond acceptors (Lipinski definition) is 8. The summed E-state index contributed by atoms with van der Waals surface area (Å²) in [6.07, 6.45) is 1.42. The third-order valence-corrected chi connectivity index (χ3v) is 4.02. The molecule has 0 aliphatic rings. The lowest BCUT2D eigenvalue weighted by Crippen LogP contribution is -2.08. The summed E-state index contributed by atoms with van der Waals surface area (Å²) in [4.78, 5) is 20.6. The molecular weight excluding hydrogens is 372 g/mol. The van der Waals surface area contributed by atoms with Crippen LogP contribution in [0.2, 0.25) is 0 Å². The first-order valence-electron chi connectivity index (χ1n) is 8.99. The normalized spacial score (nSPS) is 10.2. The van der Waals surface area contributed by atoms with E-state index in [1.165, 1.54) is 6.33 Å². The number of aromatic nitrogens is 2. The SMILES string of the molecule is CCOC(=O)c1ccccc1Nc1cc(Nc2ccc(OC)cc2OC)ncn1. The van der Waals surface area contributed by atoms with Crippen molar-refractivity contribution in [3.8, 4) is 11.5 Å². The molecule has 0 aliphatic heterocycles. The Balaban J connectivity index is 1.82. The minimum Gasteiger partial charge on any atom is -0.497 e. The number of anilines is 4. The molecule has 0 amide bonds. The van der Waals surface area contributed by atoms with Crippen molar-refractivity contribution < 1.29 is 19.0 Å². The largest absolute Gasteiger partial charge is 0.497 e. The third-order valence-electron chi connectivity index (χ3n) is 4.02. The standard InChI is InChI=1S/C21H22N4O4/c1-4-29-21(26)15-7-5-6-8-16(15)24-19-12-20(23-13-22-19)25-17-10-9-14(27-2)11-18(17)28-3/h5-13H,4H2,1-3H3,(H2,22,23,24,25). The van der Waals surface area contributed by atoms with Crippen molar-refractivity contribution in [2.45, 2.75) is 6.92 Å². The first-order chi connectivity index (χ1) is 14.1. The summed E-state index contributed by atoms with van der Waals surface area (Å²) in [5, 5.41) is 6.34. The van der Waals surface area contributed by atoms with Crippen LogP contribution in [0.4, 0.5) is 23.0 Å². The molecule has 0 aliphatic carbocycles. The molecule has 3 aromatic rings. The van der Waals surface area contributed by atoms with Gasteiger partial charge in [0, 0.05) is 12.1 Å². The van der Waals surface area contributed by atoms with Crippen LogP contribution >= 0.6 is 0 Å². The minimum atomic E-state index is -0.397. The lowest BCUT2D eigenvalue weighted by atomic mass is 10.2. The average Bonchev–Trinajstić information content (AvgIpc) is 2.75. The Morgan fingerprint density at radius 1 is 0.931 bits per heavy atom. The van der Waals surface area contributed by atoms with Crippen LogP contribution in [0, 0.1) is 0 Å². The summed E-state index contributed by atoms with van der Waals surface area (Å²) >= 11 is 0. The Morgan fingerprint density at radius 2 is 1.66 bits per heavy atom. The van der Waals surface area contributed by atoms with Gasteiger partial charge in [-0.1, -0.05) is 12.1 Å². The first-order valence-corrected chi connectivity index (χ1v) is 8.99. The number of methoxy groups -OCH3 is 2. The summed E-state index contributed by atoms with van der Waals surface area (Å²) in [5.74, 6) is 1.98. The van der Waals surface area contributed by atoms with Crippen molar-refractivity contribution in [1.29, 1.82) is 0 Å². The molecule has 8 nitrogen and oxygen atoms in total. The van der Waals surface area contributed by atoms with Crippen LogP contribution in [-0.4, -0.2) is 36.8 Å². The maximum atomic E-state index is 12.2. The molecule has 150 valence electrons. The van der Waals surface area contributed by atoms with Gasteiger partial charge in [0.2, 0.25) is 0 Å². The molecule has 0 spiro atoms. The Bertz CT molecular complexity index is 994. The van der Waals surface area contributed by atoms with E-state index in [-0.39, 0.29) is 0 Å². The highest BCUT2D eigenvalue weighted by molar-refractivity contribution is 5.96. The van der Waals surface area contributed by atoms with Crippen molar-refractivity contribution in [2.75, 3.05) is 31.5 Å². The van der Waals surface area contributed by atoms with Crippen molar-refractivity contribution in [3.63, 3.8) is 0 Å². The van der Waals surface area contributed by atoms with E-state index in [1.807, 2.05) is 18.2 Å². The maximum absolute atomic E-state index is 12.2. The van der Waals surface area contributed by atoms with E-state index in [0.29, 0.717) is 41.0 Å². The number of hydrogen-bond donors (Lipinski definition) is 2. The fraction of sp³-hybridized carbons (Fsp3) is 0.190. The van der Waals surface area contributed by atoms with E-state index in [9.17, 15) is 4.79 Å². The highest BCUT2D eigenvalue weighted by atomic mass is 16.5. The highest BCUT2D eigenvalue weighted by Crippen LogP contribution is 2.31. The number of rotatable bonds is 8. The quantitative estimate of drug-likeness (QED) is 0.550. The van der Waals surface area contributed by atoms with Crippen molar-refractivity contribution in [3.05, 3.63) is 60.4 Å². The molecule has 1 aromatic heterocycles. The number of nitrogens with one attached hydrogen (secondary N) is 2. The van der Waals surface area contributed by atoms with E-state index < -0.39 is 5.97 Å². The Hall–Kier alpha value is -3.81. The van der Waals surface area contributed by atoms with E-state index in [4.69, 9.17) is 14.2 Å². The highest BCUT2D eigenvalue weighted by Gasteiger charge is 2.13. The zero-order chi connectivity index (χ0) is 20.6. The minimum absolute atomic E-state index is 0.304. The number of carbonyl (C=O) groups is 1. The number of esters is 1. The predicted molar refractivity (Wildman–Crippen MR) is 111 cm³/mol. The molecule has 8 heteroatoms. The van der Waals surface area contributed by atoms with Crippen molar-refractivity contribution in [1.82, 2.24) is 9.97 Å². The number of ether oxygens (including phenoxy) is 3. The third kappa shape index (κ3) is 4.92. The first kappa shape index (κ1) is 19.9. The van der Waals surface area contributed by atoms with Gasteiger partial charge in [-0.2, -0.15) is 0 Å². The molecule has 0 saturated heterocycles. The van der Waals surface area contributed by atoms with Crippen LogP contribution in [0.25, 0.3) is 0 Å². The second-order valence-corrected chi connectivity index (χ2v) is 5.87. The molecule has 3 rings (SSSR count). The second-order valence-electron chi connectivity index (χ2n) is 5.87. The van der Waals surface area contributed by atoms with E-state index >= 15 is 0 Å². The van der Waals surface area contributed by atoms with Gasteiger partial charge < -0.3 is 24.8 Å². The Morgan fingerprint density at radius 3 is 2.34 bits per heavy atom. The number of nitrogens with zero attached hydrogens (tertiary/aromatic N) is 2. The van der Waals surface area contributed by atoms with Crippen molar-refractivity contribution >= 4 is 29.0 Å². The van der Waals surface area contributed by atoms with Gasteiger partial charge in [0.25, 0.3) is 0 Å². The van der Waals surface area contributed by atoms with Crippen LogP contribution in [-0.2, 0) is 4.74 Å². The fourth-order valence-electron chi connectivity index (χ4n) is 2.65. The van der Waals surface area contributed by atoms with Crippen LogP contribution in [0.1, 0.15) is 17.3 Å². The van der Waals surface area contributed by atoms with Gasteiger partial charge >= 0.3 is 5.97 Å². The number of carbonyl (C=O) groups excluding carboxylic acids is 1. The fourth-order valence-corrected chi connectivity index (χ4v) is 2.65. The van der Waals surface area contributed by atoms with Gasteiger partial charge in [-0.25, -0.2) is 14.8 Å². The average molecular weight is 394 g/mol. The monoisotopic (exact) mass is 394 g/mol. The van der Waals surface area contributed by atoms with Gasteiger partial charge in [-0.15, -0.1) is 0 Å². The van der Waals surface area contributed by atoms with Crippen LogP contribution in [0.3, 0.4) is 0 Å². The maximum Gasteiger partial charge on any atom is 0.340 e. The van der Waals surface area contributed by atoms with Gasteiger partial charge in [0.05, 0.1) is 37.8 Å². The van der Waals surface area contributed by atoms with Crippen molar-refractivity contribution in [2.24, 2.45) is 0 Å². The molecule has 0 unspecified atom stereocenters. The van der Waals surface area contributed by atoms with Gasteiger partial charge in [0.15, 0.2) is 0 Å². The number of benzene rings is 2.